The van der Waals surface area contributed by atoms with Crippen LogP contribution in [0.5, 0.6) is 0 Å². The van der Waals surface area contributed by atoms with Crippen molar-refractivity contribution in [2.75, 3.05) is 5.72 Å². The van der Waals surface area contributed by atoms with Crippen LogP contribution in [0.2, 0.25) is 4.24 Å². The first kappa shape index (κ1) is 2.53. The lowest BCUT2D eigenvalue weighted by molar-refractivity contribution is 1.21. The maximum atomic E-state index is 7.34. The van der Waals surface area contributed by atoms with E-state index in [0.717, 1.165) is 6.33 Å². The van der Waals surface area contributed by atoms with Gasteiger partial charge in [-0.2, -0.15) is 0 Å². The normalized spacial score (nSPS) is 15.6. The summed E-state index contributed by atoms with van der Waals surface area (Å²) in [4.78, 5) is 11.8. The van der Waals surface area contributed by atoms with Gasteiger partial charge in [-0.25, -0.2) is 15.0 Å². The zero-order valence-electron chi connectivity index (χ0n) is 8.81. The molecule has 10 heavy (non-hydrogen) atoms. The van der Waals surface area contributed by atoms with Crippen molar-refractivity contribution in [1.29, 1.82) is 0 Å². The Hall–Kier alpha value is -1.65. The number of fused-ring (bicyclic) bond motifs is 1. The summed E-state index contributed by atoms with van der Waals surface area (Å²) >= 11 is 0. The Labute approximate surface area is 62.1 Å². The molecule has 50 valence electrons. The number of rotatable bonds is 1. The van der Waals surface area contributed by atoms with Gasteiger partial charge in [-0.3, -0.25) is 0 Å². The van der Waals surface area contributed by atoms with E-state index in [1.54, 1.807) is 0 Å². The molecule has 5 heteroatoms. The monoisotopic (exact) mass is 139 g/mol. The maximum Gasteiger partial charge on any atom is 0.169 e. The van der Waals surface area contributed by atoms with E-state index in [9.17, 15) is 0 Å². The number of imidazole rings is 1. The molecule has 0 aliphatic heterocycles. The number of nitrogens with two attached hydrogens (primary N) is 1. The zero-order valence-corrected chi connectivity index (χ0v) is 4.81. The van der Waals surface area contributed by atoms with Crippen LogP contribution in [0.3, 0.4) is 0 Å². The Morgan fingerprint density at radius 1 is 1.70 bits per heavy atom. The van der Waals surface area contributed by atoms with Crippen molar-refractivity contribution in [3.8, 4) is 0 Å². The molecule has 0 aliphatic carbocycles. The van der Waals surface area contributed by atoms with Crippen LogP contribution in [0.15, 0.2) is 12.6 Å². The first-order valence-corrected chi connectivity index (χ1v) is 2.58. The third-order valence-electron chi connectivity index (χ3n) is 1.10. The Morgan fingerprint density at radius 2 is 2.70 bits per heavy atom. The fourth-order valence-corrected chi connectivity index (χ4v) is 0.665. The van der Waals surface area contributed by atoms with E-state index in [2.05, 4.69) is 15.0 Å². The maximum absolute atomic E-state index is 7.34. The highest BCUT2D eigenvalue weighted by Gasteiger charge is 1.99. The lowest BCUT2D eigenvalue weighted by Crippen LogP contribution is -1.91. The number of hydrogen-bond donors (Lipinski definition) is 2. The fourth-order valence-electron chi connectivity index (χ4n) is 0.665. The number of nitrogen functional groups attached to an aromatic ring is 1. The molecule has 0 fully saturated rings. The van der Waals surface area contributed by atoms with Gasteiger partial charge in [0.1, 0.15) is 13.2 Å². The van der Waals surface area contributed by atoms with Crippen LogP contribution in [0.4, 0.5) is 5.82 Å². The summed E-state index contributed by atoms with van der Waals surface area (Å²) in [6.45, 7) is 0. The summed E-state index contributed by atoms with van der Waals surface area (Å²) in [5, 5.41) is 0. The predicted octanol–water partition coefficient (Wildman–Crippen LogP) is -0.0649. The molecule has 2 heterocycles. The lowest BCUT2D eigenvalue weighted by atomic mass is 10.5. The van der Waals surface area contributed by atoms with E-state index in [4.69, 9.17) is 5.61 Å². The summed E-state index contributed by atoms with van der Waals surface area (Å²) in [5.41, 5.74) is 0.498. The van der Waals surface area contributed by atoms with Crippen LogP contribution in [0, 0.1) is 0 Å². The molecule has 5 nitrogen and oxygen atoms in total. The number of nitrogens with zero attached hydrogens (tertiary/aromatic N) is 3. The van der Waals surface area contributed by atoms with Crippen molar-refractivity contribution >= 4 is 17.0 Å². The molecule has 2 aromatic rings. The van der Waals surface area contributed by atoms with Gasteiger partial charge in [0.05, 0.1) is 6.30 Å². The Balaban J connectivity index is 2.81. The summed E-state index contributed by atoms with van der Waals surface area (Å²) in [6.07, 6.45) is 0.823. The summed E-state index contributed by atoms with van der Waals surface area (Å²) < 4.78 is 28.6. The van der Waals surface area contributed by atoms with E-state index in [1.165, 1.54) is 0 Å². The van der Waals surface area contributed by atoms with Crippen molar-refractivity contribution in [3.63, 3.8) is 0 Å². The van der Waals surface area contributed by atoms with E-state index in [1.807, 2.05) is 0 Å². The van der Waals surface area contributed by atoms with Gasteiger partial charge in [0.25, 0.3) is 0 Å². The highest BCUT2D eigenvalue weighted by Crippen LogP contribution is 2.09. The van der Waals surface area contributed by atoms with Gasteiger partial charge in [-0.15, -0.1) is 0 Å². The predicted molar refractivity (Wildman–Crippen MR) is 36.1 cm³/mol. The third kappa shape index (κ3) is 0.540. The molecule has 0 aromatic carbocycles. The first-order valence-electron chi connectivity index (χ1n) is 4.42. The number of nitrogens with one attached hydrogen (secondary N) is 1. The largest absolute Gasteiger partial charge is 0.382 e. The van der Waals surface area contributed by atoms with E-state index >= 15 is 0 Å². The quantitative estimate of drug-likeness (QED) is 0.579. The SMILES string of the molecule is [2H]c1nc2c(N([2H])[2H])ncnc2n1[2H]. The first-order chi connectivity index (χ1) is 6.61. The van der Waals surface area contributed by atoms with Crippen LogP contribution in [-0.4, -0.2) is 19.9 Å². The smallest absolute Gasteiger partial charge is 0.169 e. The molecule has 2 rings (SSSR count). The number of aromatic amines is 1. The average molecular weight is 139 g/mol. The molecular formula is C5H5N5. The number of H-pyrrole nitrogens is 1. The molecule has 0 saturated carbocycles. The van der Waals surface area contributed by atoms with Crippen LogP contribution in [0.25, 0.3) is 11.2 Å². The molecule has 0 bridgehead atoms. The Bertz CT molecular complexity index is 480. The topological polar surface area (TPSA) is 80.5 Å². The molecule has 0 radical (unpaired) electrons. The second-order valence-electron chi connectivity index (χ2n) is 1.69. The molecule has 0 aliphatic rings. The van der Waals surface area contributed by atoms with Crippen molar-refractivity contribution in [3.05, 3.63) is 12.6 Å². The summed E-state index contributed by atoms with van der Waals surface area (Å²) in [5.74, 6) is -0.0468. The molecule has 0 atom stereocenters. The van der Waals surface area contributed by atoms with Gasteiger partial charge < -0.3 is 10.7 Å². The Kier molecular flexibility index (Phi) is 0.421. The van der Waals surface area contributed by atoms with Gasteiger partial charge in [0, 0.05) is 0 Å². The molecule has 0 amide bonds. The van der Waals surface area contributed by atoms with E-state index in [-0.39, 0.29) is 29.0 Å². The molecule has 2 aromatic heterocycles. The van der Waals surface area contributed by atoms with Gasteiger partial charge in [0.15, 0.2) is 15.7 Å². The van der Waals surface area contributed by atoms with E-state index in [0.29, 0.717) is 4.98 Å². The van der Waals surface area contributed by atoms with Gasteiger partial charge in [-0.05, 0) is 0 Å². The van der Waals surface area contributed by atoms with Crippen LogP contribution < -0.4 is 5.72 Å². The average Bonchev–Trinajstić information content (AvgIpc) is 2.43. The lowest BCUT2D eigenvalue weighted by Gasteiger charge is -1.88. The molecule has 0 saturated heterocycles. The van der Waals surface area contributed by atoms with Crippen LogP contribution in [0.1, 0.15) is 1.37 Å². The van der Waals surface area contributed by atoms with E-state index < -0.39 is 0 Å². The minimum atomic E-state index is -0.302. The van der Waals surface area contributed by atoms with Crippen molar-refractivity contribution in [2.24, 2.45) is 0 Å². The fraction of sp³-hybridized carbons (Fsp3) is 0. The zero-order chi connectivity index (χ0) is 10.3. The highest BCUT2D eigenvalue weighted by molar-refractivity contribution is 5.80. The van der Waals surface area contributed by atoms with Crippen molar-refractivity contribution in [1.82, 2.24) is 19.9 Å². The second-order valence-corrected chi connectivity index (χ2v) is 1.69. The van der Waals surface area contributed by atoms with Gasteiger partial charge in [0.2, 0.25) is 0 Å². The van der Waals surface area contributed by atoms with Crippen LogP contribution in [-0.2, 0) is 0 Å². The minimum Gasteiger partial charge on any atom is -0.382 e. The third-order valence-corrected chi connectivity index (χ3v) is 1.10. The molecule has 0 unspecified atom stereocenters. The molecule has 3 N–H and O–H groups in total. The number of aromatic nitrogens is 4. The van der Waals surface area contributed by atoms with Gasteiger partial charge >= 0.3 is 0 Å². The number of hydrogen-bond acceptors (Lipinski definition) is 4. The minimum absolute atomic E-state index is 0.0468. The van der Waals surface area contributed by atoms with Crippen molar-refractivity contribution in [2.45, 2.75) is 0 Å². The summed E-state index contributed by atoms with van der Waals surface area (Å²) in [6, 6.07) is 0. The van der Waals surface area contributed by atoms with Crippen LogP contribution >= 0.6 is 0 Å². The number of anilines is 1. The van der Waals surface area contributed by atoms with Crippen molar-refractivity contribution < 1.29 is 5.61 Å². The second kappa shape index (κ2) is 1.66. The molecule has 0 spiro atoms. The molecular weight excluding hydrogens is 130 g/mol. The highest BCUT2D eigenvalue weighted by atomic mass is 15.0. The summed E-state index contributed by atoms with van der Waals surface area (Å²) in [7, 11) is 0. The van der Waals surface area contributed by atoms with Gasteiger partial charge in [-0.1, -0.05) is 0 Å². The Morgan fingerprint density at radius 3 is 3.60 bits per heavy atom. The standard InChI is InChI=1S/C5H5N5/c6-4-3-5(9-1-7-3)10-2-8-4/h1-2H,(H3,6,7,8,9,10)/i1D/hD3.